The minimum Gasteiger partial charge on any atom is -0.385 e. The highest BCUT2D eigenvalue weighted by atomic mass is 32.1. The van der Waals surface area contributed by atoms with Crippen molar-refractivity contribution in [3.63, 3.8) is 0 Å². The van der Waals surface area contributed by atoms with Gasteiger partial charge in [0, 0.05) is 9.75 Å². The van der Waals surface area contributed by atoms with E-state index < -0.39 is 18.9 Å². The molecule has 0 saturated heterocycles. The van der Waals surface area contributed by atoms with E-state index in [1.807, 2.05) is 6.92 Å². The van der Waals surface area contributed by atoms with Gasteiger partial charge in [-0.1, -0.05) is 0 Å². The summed E-state index contributed by atoms with van der Waals surface area (Å²) in [5, 5.41) is 9.45. The molecule has 1 heterocycles. The summed E-state index contributed by atoms with van der Waals surface area (Å²) in [6.07, 6.45) is -5.32. The molecule has 6 heteroatoms. The molecule has 2 nitrogen and oxygen atoms in total. The van der Waals surface area contributed by atoms with Crippen molar-refractivity contribution < 1.29 is 23.0 Å². The van der Waals surface area contributed by atoms with E-state index in [2.05, 4.69) is 4.74 Å². The van der Waals surface area contributed by atoms with Crippen molar-refractivity contribution in [2.45, 2.75) is 19.2 Å². The van der Waals surface area contributed by atoms with Crippen LogP contribution in [0.4, 0.5) is 13.2 Å². The average Bonchev–Trinajstić information content (AvgIpc) is 2.49. The second-order valence-corrected chi connectivity index (χ2v) is 4.41. The second-order valence-electron chi connectivity index (χ2n) is 3.09. The quantitative estimate of drug-likeness (QED) is 0.876. The molecule has 86 valence electrons. The molecule has 0 aliphatic carbocycles. The number of ether oxygens (including phenoxy) is 1. The van der Waals surface area contributed by atoms with Gasteiger partial charge in [-0.25, -0.2) is 0 Å². The van der Waals surface area contributed by atoms with Gasteiger partial charge in [0.1, 0.15) is 12.7 Å². The van der Waals surface area contributed by atoms with E-state index in [0.29, 0.717) is 4.88 Å². The van der Waals surface area contributed by atoms with Gasteiger partial charge < -0.3 is 9.84 Å². The van der Waals surface area contributed by atoms with Crippen molar-refractivity contribution in [1.29, 1.82) is 0 Å². The summed E-state index contributed by atoms with van der Waals surface area (Å²) in [5.74, 6) is 0. The SMILES string of the molecule is Cc1ccc(C(O)COCC(F)(F)F)s1. The molecule has 1 rings (SSSR count). The van der Waals surface area contributed by atoms with Crippen molar-refractivity contribution >= 4 is 11.3 Å². The van der Waals surface area contributed by atoms with Gasteiger partial charge >= 0.3 is 6.18 Å². The maximum atomic E-state index is 11.7. The lowest BCUT2D eigenvalue weighted by molar-refractivity contribution is -0.179. The third-order valence-electron chi connectivity index (χ3n) is 1.63. The number of aryl methyl sites for hydroxylation is 1. The Morgan fingerprint density at radius 1 is 1.47 bits per heavy atom. The van der Waals surface area contributed by atoms with Crippen LogP contribution in [0.1, 0.15) is 15.9 Å². The first-order valence-corrected chi connectivity index (χ1v) is 5.09. The van der Waals surface area contributed by atoms with Crippen LogP contribution in [0, 0.1) is 6.92 Å². The number of hydrogen-bond acceptors (Lipinski definition) is 3. The number of rotatable bonds is 4. The Labute approximate surface area is 89.3 Å². The average molecular weight is 240 g/mol. The fourth-order valence-corrected chi connectivity index (χ4v) is 1.85. The predicted octanol–water partition coefficient (Wildman–Crippen LogP) is 2.67. The molecule has 0 saturated carbocycles. The minimum absolute atomic E-state index is 0.334. The van der Waals surface area contributed by atoms with Crippen LogP contribution in [-0.2, 0) is 4.74 Å². The van der Waals surface area contributed by atoms with Gasteiger partial charge in [-0.2, -0.15) is 13.2 Å². The van der Waals surface area contributed by atoms with Crippen molar-refractivity contribution in [2.24, 2.45) is 0 Å². The number of hydrogen-bond donors (Lipinski definition) is 1. The van der Waals surface area contributed by atoms with E-state index in [1.54, 1.807) is 12.1 Å². The van der Waals surface area contributed by atoms with Crippen molar-refractivity contribution in [3.8, 4) is 0 Å². The van der Waals surface area contributed by atoms with Gasteiger partial charge in [-0.15, -0.1) is 11.3 Å². The summed E-state index contributed by atoms with van der Waals surface area (Å²) in [5.41, 5.74) is 0. The van der Waals surface area contributed by atoms with Crippen molar-refractivity contribution in [3.05, 3.63) is 21.9 Å². The molecule has 0 bridgehead atoms. The zero-order chi connectivity index (χ0) is 11.5. The van der Waals surface area contributed by atoms with Crippen LogP contribution >= 0.6 is 11.3 Å². The van der Waals surface area contributed by atoms with Gasteiger partial charge in [-0.3, -0.25) is 0 Å². The first-order chi connectivity index (χ1) is 6.88. The largest absolute Gasteiger partial charge is 0.411 e. The molecule has 1 aromatic rings. The van der Waals surface area contributed by atoms with Gasteiger partial charge in [0.25, 0.3) is 0 Å². The van der Waals surface area contributed by atoms with E-state index in [0.717, 1.165) is 4.88 Å². The molecule has 0 aliphatic rings. The molecule has 0 spiro atoms. The number of aliphatic hydroxyl groups excluding tert-OH is 1. The van der Waals surface area contributed by atoms with Gasteiger partial charge in [-0.05, 0) is 19.1 Å². The fourth-order valence-electron chi connectivity index (χ4n) is 1.00. The highest BCUT2D eigenvalue weighted by Crippen LogP contribution is 2.23. The molecule has 1 atom stereocenters. The molecule has 1 N–H and O–H groups in total. The highest BCUT2D eigenvalue weighted by molar-refractivity contribution is 7.12. The van der Waals surface area contributed by atoms with E-state index in [4.69, 9.17) is 0 Å². The lowest BCUT2D eigenvalue weighted by Crippen LogP contribution is -2.19. The second kappa shape index (κ2) is 4.96. The molecule has 0 amide bonds. The van der Waals surface area contributed by atoms with Crippen LogP contribution in [0.15, 0.2) is 12.1 Å². The standard InChI is InChI=1S/C9H11F3O2S/c1-6-2-3-8(15-6)7(13)4-14-5-9(10,11)12/h2-3,7,13H,4-5H2,1H3. The third kappa shape index (κ3) is 4.63. The Balaban J connectivity index is 2.34. The normalized spacial score (nSPS) is 14.2. The third-order valence-corrected chi connectivity index (χ3v) is 2.73. The van der Waals surface area contributed by atoms with Crippen LogP contribution in [0.25, 0.3) is 0 Å². The summed E-state index contributed by atoms with van der Waals surface area (Å²) >= 11 is 1.34. The van der Waals surface area contributed by atoms with Crippen LogP contribution in [0.3, 0.4) is 0 Å². The van der Waals surface area contributed by atoms with E-state index in [9.17, 15) is 18.3 Å². The minimum atomic E-state index is -4.34. The number of aliphatic hydroxyl groups is 1. The van der Waals surface area contributed by atoms with Gasteiger partial charge in [0.15, 0.2) is 0 Å². The number of thiophene rings is 1. The first kappa shape index (κ1) is 12.5. The fraction of sp³-hybridized carbons (Fsp3) is 0.556. The summed E-state index contributed by atoms with van der Waals surface area (Å²) in [6, 6.07) is 3.48. The van der Waals surface area contributed by atoms with E-state index in [1.165, 1.54) is 11.3 Å². The lowest BCUT2D eigenvalue weighted by Gasteiger charge is -2.11. The Hall–Kier alpha value is -0.590. The topological polar surface area (TPSA) is 29.5 Å². The Bertz CT molecular complexity index is 309. The summed E-state index contributed by atoms with van der Waals surface area (Å²) in [7, 11) is 0. The van der Waals surface area contributed by atoms with Crippen molar-refractivity contribution in [1.82, 2.24) is 0 Å². The number of alkyl halides is 3. The lowest BCUT2D eigenvalue weighted by atomic mass is 10.3. The molecule has 0 radical (unpaired) electrons. The predicted molar refractivity (Wildman–Crippen MR) is 50.9 cm³/mol. The molecule has 1 aromatic heterocycles. The zero-order valence-corrected chi connectivity index (χ0v) is 8.86. The molecule has 0 fully saturated rings. The van der Waals surface area contributed by atoms with E-state index in [-0.39, 0.29) is 6.61 Å². The molecule has 15 heavy (non-hydrogen) atoms. The van der Waals surface area contributed by atoms with E-state index >= 15 is 0 Å². The Kier molecular flexibility index (Phi) is 4.12. The smallest absolute Gasteiger partial charge is 0.385 e. The van der Waals surface area contributed by atoms with Crippen LogP contribution in [0.2, 0.25) is 0 Å². The monoisotopic (exact) mass is 240 g/mol. The maximum absolute atomic E-state index is 11.7. The first-order valence-electron chi connectivity index (χ1n) is 4.27. The van der Waals surface area contributed by atoms with Crippen molar-refractivity contribution in [2.75, 3.05) is 13.2 Å². The molecule has 1 unspecified atom stereocenters. The summed E-state index contributed by atoms with van der Waals surface area (Å²) in [4.78, 5) is 1.62. The maximum Gasteiger partial charge on any atom is 0.411 e. The molecular weight excluding hydrogens is 229 g/mol. The van der Waals surface area contributed by atoms with Crippen LogP contribution in [0.5, 0.6) is 0 Å². The summed E-state index contributed by atoms with van der Waals surface area (Å²) in [6.45, 7) is 0.200. The summed E-state index contributed by atoms with van der Waals surface area (Å²) < 4.78 is 39.5. The number of halogens is 3. The van der Waals surface area contributed by atoms with Crippen LogP contribution < -0.4 is 0 Å². The molecule has 0 aliphatic heterocycles. The molecular formula is C9H11F3O2S. The van der Waals surface area contributed by atoms with Gasteiger partial charge in [0.2, 0.25) is 0 Å². The zero-order valence-electron chi connectivity index (χ0n) is 8.04. The Morgan fingerprint density at radius 2 is 2.13 bits per heavy atom. The Morgan fingerprint density at radius 3 is 2.60 bits per heavy atom. The van der Waals surface area contributed by atoms with Gasteiger partial charge in [0.05, 0.1) is 6.61 Å². The molecule has 0 aromatic carbocycles. The van der Waals surface area contributed by atoms with Crippen LogP contribution in [-0.4, -0.2) is 24.5 Å². The highest BCUT2D eigenvalue weighted by Gasteiger charge is 2.27.